The van der Waals surface area contributed by atoms with Gasteiger partial charge >= 0.3 is 0 Å². The molecular formula is C27H29N3. The third-order valence-corrected chi connectivity index (χ3v) is 6.80. The number of aromatic nitrogens is 1. The summed E-state index contributed by atoms with van der Waals surface area (Å²) in [6, 6.07) is 21.8. The van der Waals surface area contributed by atoms with Crippen LogP contribution in [0.2, 0.25) is 0 Å². The monoisotopic (exact) mass is 395 g/mol. The van der Waals surface area contributed by atoms with E-state index >= 15 is 0 Å². The Morgan fingerprint density at radius 1 is 0.900 bits per heavy atom. The zero-order chi connectivity index (χ0) is 21.0. The van der Waals surface area contributed by atoms with Crippen LogP contribution in [0.4, 0.5) is 22.9 Å². The first-order valence-electron chi connectivity index (χ1n) is 10.8. The van der Waals surface area contributed by atoms with Crippen LogP contribution in [0.5, 0.6) is 0 Å². The first-order valence-corrected chi connectivity index (χ1v) is 10.8. The summed E-state index contributed by atoms with van der Waals surface area (Å²) in [7, 11) is 0. The van der Waals surface area contributed by atoms with E-state index in [2.05, 4.69) is 105 Å². The molecule has 0 radical (unpaired) electrons. The summed E-state index contributed by atoms with van der Waals surface area (Å²) in [5.41, 5.74) is 6.27. The molecule has 2 aromatic carbocycles. The largest absolute Gasteiger partial charge is 0.316 e. The van der Waals surface area contributed by atoms with Crippen LogP contribution in [-0.4, -0.2) is 11.1 Å². The zero-order valence-electron chi connectivity index (χ0n) is 18.2. The summed E-state index contributed by atoms with van der Waals surface area (Å²) < 4.78 is 0. The molecule has 2 atom stereocenters. The van der Waals surface area contributed by atoms with Crippen molar-refractivity contribution in [2.75, 3.05) is 9.80 Å². The van der Waals surface area contributed by atoms with Crippen LogP contribution in [0.25, 0.3) is 0 Å². The summed E-state index contributed by atoms with van der Waals surface area (Å²) in [6.07, 6.45) is 4.14. The highest BCUT2D eigenvalue weighted by atomic mass is 15.5. The topological polar surface area (TPSA) is 19.4 Å². The van der Waals surface area contributed by atoms with Gasteiger partial charge in [-0.25, -0.2) is 4.98 Å². The fourth-order valence-corrected chi connectivity index (χ4v) is 5.46. The Balaban J connectivity index is 1.83. The number of rotatable bonds is 3. The lowest BCUT2D eigenvalue weighted by Gasteiger charge is -2.51. The molecule has 152 valence electrons. The average Bonchev–Trinajstić information content (AvgIpc) is 3.10. The molecule has 0 N–H and O–H groups in total. The second kappa shape index (κ2) is 6.73. The summed E-state index contributed by atoms with van der Waals surface area (Å²) >= 11 is 0. The standard InChI is InChI=1S/C27H29N3/c1-6-21-20-13-8-10-15-23(20)29-24-16-11-17-28-25(24)30(26(29)27(21,4)5)22-14-9-7-12-19(22)18(2)3/h6-18,21,26H,1H2,2-5H3. The van der Waals surface area contributed by atoms with Gasteiger partial charge in [-0.2, -0.15) is 0 Å². The number of hydrogen-bond donors (Lipinski definition) is 0. The first-order chi connectivity index (χ1) is 14.5. The van der Waals surface area contributed by atoms with E-state index < -0.39 is 0 Å². The van der Waals surface area contributed by atoms with E-state index in [0.29, 0.717) is 5.92 Å². The first kappa shape index (κ1) is 18.9. The van der Waals surface area contributed by atoms with Crippen LogP contribution in [0.3, 0.4) is 0 Å². The molecule has 0 aliphatic carbocycles. The van der Waals surface area contributed by atoms with E-state index in [1.165, 1.54) is 28.2 Å². The van der Waals surface area contributed by atoms with Gasteiger partial charge in [0.2, 0.25) is 0 Å². The van der Waals surface area contributed by atoms with Crippen LogP contribution in [0, 0.1) is 5.41 Å². The van der Waals surface area contributed by atoms with E-state index in [-0.39, 0.29) is 17.5 Å². The maximum absolute atomic E-state index is 4.89. The number of pyridine rings is 1. The summed E-state index contributed by atoms with van der Waals surface area (Å²) in [4.78, 5) is 9.85. The number of anilines is 4. The van der Waals surface area contributed by atoms with Crippen molar-refractivity contribution in [1.82, 2.24) is 4.98 Å². The van der Waals surface area contributed by atoms with Gasteiger partial charge in [0.25, 0.3) is 0 Å². The Kier molecular flexibility index (Phi) is 4.25. The highest BCUT2D eigenvalue weighted by molar-refractivity contribution is 5.89. The van der Waals surface area contributed by atoms with E-state index in [9.17, 15) is 0 Å². The predicted molar refractivity (Wildman–Crippen MR) is 126 cm³/mol. The number of hydrogen-bond acceptors (Lipinski definition) is 3. The average molecular weight is 396 g/mol. The molecule has 3 heterocycles. The molecule has 2 unspecified atom stereocenters. The number of allylic oxidation sites excluding steroid dienone is 1. The molecule has 0 fully saturated rings. The van der Waals surface area contributed by atoms with Gasteiger partial charge in [-0.3, -0.25) is 0 Å². The third kappa shape index (κ3) is 2.48. The van der Waals surface area contributed by atoms with Crippen LogP contribution < -0.4 is 9.80 Å². The molecule has 5 rings (SSSR count). The number of benzene rings is 2. The normalized spacial score (nSPS) is 21.2. The van der Waals surface area contributed by atoms with Crippen molar-refractivity contribution in [2.45, 2.75) is 45.7 Å². The zero-order valence-corrected chi connectivity index (χ0v) is 18.2. The molecular weight excluding hydrogens is 366 g/mol. The minimum Gasteiger partial charge on any atom is -0.316 e. The second-order valence-corrected chi connectivity index (χ2v) is 9.27. The van der Waals surface area contributed by atoms with Crippen molar-refractivity contribution in [3.8, 4) is 0 Å². The highest BCUT2D eigenvalue weighted by Gasteiger charge is 2.54. The van der Waals surface area contributed by atoms with E-state index in [4.69, 9.17) is 4.98 Å². The maximum atomic E-state index is 4.89. The number of para-hydroxylation sites is 2. The highest BCUT2D eigenvalue weighted by Crippen LogP contribution is 2.60. The van der Waals surface area contributed by atoms with Gasteiger partial charge in [-0.15, -0.1) is 6.58 Å². The van der Waals surface area contributed by atoms with Gasteiger partial charge in [0.15, 0.2) is 5.82 Å². The Hall–Kier alpha value is -3.07. The molecule has 2 aliphatic heterocycles. The van der Waals surface area contributed by atoms with Crippen molar-refractivity contribution >= 4 is 22.9 Å². The van der Waals surface area contributed by atoms with Crippen LogP contribution in [0.1, 0.15) is 50.7 Å². The molecule has 3 nitrogen and oxygen atoms in total. The van der Waals surface area contributed by atoms with Crippen molar-refractivity contribution in [1.29, 1.82) is 0 Å². The van der Waals surface area contributed by atoms with Crippen LogP contribution in [-0.2, 0) is 0 Å². The Labute approximate surface area is 179 Å². The summed E-state index contributed by atoms with van der Waals surface area (Å²) in [5, 5.41) is 0. The minimum atomic E-state index is -0.0824. The Morgan fingerprint density at radius 3 is 2.30 bits per heavy atom. The molecule has 3 aromatic rings. The SMILES string of the molecule is C=CC1c2ccccc2N2c3cccnc3N(c3ccccc3C(C)C)C2C1(C)C. The molecule has 3 heteroatoms. The fraction of sp³-hybridized carbons (Fsp3) is 0.296. The van der Waals surface area contributed by atoms with Gasteiger partial charge in [0.05, 0.1) is 5.69 Å². The van der Waals surface area contributed by atoms with Gasteiger partial charge in [-0.1, -0.05) is 70.2 Å². The molecule has 1 aromatic heterocycles. The van der Waals surface area contributed by atoms with Crippen molar-refractivity contribution in [3.05, 3.63) is 90.6 Å². The molecule has 0 saturated heterocycles. The van der Waals surface area contributed by atoms with Crippen molar-refractivity contribution in [2.24, 2.45) is 5.41 Å². The number of fused-ring (bicyclic) bond motifs is 5. The summed E-state index contributed by atoms with van der Waals surface area (Å²) in [5.74, 6) is 1.71. The molecule has 30 heavy (non-hydrogen) atoms. The number of nitrogens with zero attached hydrogens (tertiary/aromatic N) is 3. The lowest BCUT2D eigenvalue weighted by atomic mass is 9.68. The molecule has 0 saturated carbocycles. The Bertz CT molecular complexity index is 1110. The minimum absolute atomic E-state index is 0.0824. The van der Waals surface area contributed by atoms with Crippen LogP contribution in [0.15, 0.2) is 79.5 Å². The molecule has 0 amide bonds. The quantitative estimate of drug-likeness (QED) is 0.440. The molecule has 2 aliphatic rings. The van der Waals surface area contributed by atoms with Crippen LogP contribution >= 0.6 is 0 Å². The van der Waals surface area contributed by atoms with Gasteiger partial charge in [0, 0.05) is 28.9 Å². The Morgan fingerprint density at radius 2 is 1.57 bits per heavy atom. The third-order valence-electron chi connectivity index (χ3n) is 6.80. The van der Waals surface area contributed by atoms with Gasteiger partial charge in [0.1, 0.15) is 6.17 Å². The smallest absolute Gasteiger partial charge is 0.158 e. The van der Waals surface area contributed by atoms with Crippen molar-refractivity contribution in [3.63, 3.8) is 0 Å². The maximum Gasteiger partial charge on any atom is 0.158 e. The van der Waals surface area contributed by atoms with E-state index in [1.807, 2.05) is 12.3 Å². The second-order valence-electron chi connectivity index (χ2n) is 9.27. The van der Waals surface area contributed by atoms with Gasteiger partial charge in [-0.05, 0) is 41.3 Å². The lowest BCUT2D eigenvalue weighted by molar-refractivity contribution is 0.248. The predicted octanol–water partition coefficient (Wildman–Crippen LogP) is 7.13. The molecule has 0 spiro atoms. The molecule has 0 bridgehead atoms. The van der Waals surface area contributed by atoms with Gasteiger partial charge < -0.3 is 9.80 Å². The lowest BCUT2D eigenvalue weighted by Crippen LogP contribution is -2.54. The van der Waals surface area contributed by atoms with Crippen molar-refractivity contribution < 1.29 is 0 Å². The summed E-state index contributed by atoms with van der Waals surface area (Å²) in [6.45, 7) is 13.5. The van der Waals surface area contributed by atoms with E-state index in [0.717, 1.165) is 5.82 Å². The fourth-order valence-electron chi connectivity index (χ4n) is 5.46. The van der Waals surface area contributed by atoms with E-state index in [1.54, 1.807) is 0 Å².